The molecule has 0 atom stereocenters. The van der Waals surface area contributed by atoms with Crippen molar-refractivity contribution in [3.63, 3.8) is 0 Å². The van der Waals surface area contributed by atoms with E-state index in [4.69, 9.17) is 0 Å². The maximum atomic E-state index is 12.6. The van der Waals surface area contributed by atoms with Crippen LogP contribution in [-0.2, 0) is 23.6 Å². The fourth-order valence-corrected chi connectivity index (χ4v) is 4.09. The predicted octanol–water partition coefficient (Wildman–Crippen LogP) is 1.70. The van der Waals surface area contributed by atoms with Gasteiger partial charge in [0.15, 0.2) is 0 Å². The van der Waals surface area contributed by atoms with E-state index < -0.39 is 10.0 Å². The van der Waals surface area contributed by atoms with Crippen molar-refractivity contribution in [2.45, 2.75) is 49.6 Å². The van der Waals surface area contributed by atoms with E-state index in [1.807, 2.05) is 17.7 Å². The van der Waals surface area contributed by atoms with Crippen LogP contribution in [0.4, 0.5) is 0 Å². The third kappa shape index (κ3) is 3.33. The number of aromatic nitrogens is 1. The topological polar surface area (TPSA) is 54.3 Å². The van der Waals surface area contributed by atoms with Gasteiger partial charge in [-0.05, 0) is 37.7 Å². The van der Waals surface area contributed by atoms with E-state index in [0.29, 0.717) is 23.4 Å². The molecule has 0 saturated heterocycles. The number of aryl methyl sites for hydroxylation is 1. The minimum atomic E-state index is -3.35. The van der Waals surface area contributed by atoms with Gasteiger partial charge in [-0.25, -0.2) is 12.7 Å². The first kappa shape index (κ1) is 15.1. The van der Waals surface area contributed by atoms with E-state index in [1.54, 1.807) is 13.2 Å². The fourth-order valence-electron chi connectivity index (χ4n) is 2.75. The van der Waals surface area contributed by atoms with Crippen LogP contribution in [0, 0.1) is 5.92 Å². The van der Waals surface area contributed by atoms with Crippen molar-refractivity contribution in [1.29, 1.82) is 0 Å². The molecule has 1 aromatic heterocycles. The molecule has 1 heterocycles. The zero-order valence-electron chi connectivity index (χ0n) is 12.9. The second-order valence-corrected chi connectivity index (χ2v) is 8.56. The molecule has 2 aliphatic carbocycles. The van der Waals surface area contributed by atoms with Gasteiger partial charge in [-0.3, -0.25) is 0 Å². The molecule has 21 heavy (non-hydrogen) atoms. The Kier molecular flexibility index (Phi) is 4.12. The molecule has 1 N–H and O–H groups in total. The lowest BCUT2D eigenvalue weighted by molar-refractivity contribution is 0.263. The van der Waals surface area contributed by atoms with Crippen LogP contribution in [0.15, 0.2) is 17.2 Å². The molecular formula is C15H25N3O2S. The second kappa shape index (κ2) is 5.74. The van der Waals surface area contributed by atoms with Crippen molar-refractivity contribution in [3.8, 4) is 0 Å². The van der Waals surface area contributed by atoms with Crippen molar-refractivity contribution in [1.82, 2.24) is 14.2 Å². The molecule has 1 aromatic rings. The lowest BCUT2D eigenvalue weighted by atomic mass is 9.86. The number of rotatable bonds is 7. The maximum absolute atomic E-state index is 12.6. The van der Waals surface area contributed by atoms with Gasteiger partial charge in [-0.1, -0.05) is 6.42 Å². The SMILES string of the molecule is CN(CC1CCC1)S(=O)(=O)c1cc(CNC2CC2)n(C)c1. The highest BCUT2D eigenvalue weighted by atomic mass is 32.2. The van der Waals surface area contributed by atoms with Crippen LogP contribution in [0.1, 0.15) is 37.8 Å². The third-order valence-electron chi connectivity index (χ3n) is 4.68. The average Bonchev–Trinajstić information content (AvgIpc) is 3.14. The quantitative estimate of drug-likeness (QED) is 0.834. The lowest BCUT2D eigenvalue weighted by Crippen LogP contribution is -2.34. The minimum absolute atomic E-state index is 0.416. The summed E-state index contributed by atoms with van der Waals surface area (Å²) in [4.78, 5) is 0.416. The van der Waals surface area contributed by atoms with Crippen LogP contribution in [0.25, 0.3) is 0 Å². The third-order valence-corrected chi connectivity index (χ3v) is 6.47. The van der Waals surface area contributed by atoms with Crippen LogP contribution in [0.5, 0.6) is 0 Å². The molecule has 0 spiro atoms. The Labute approximate surface area is 127 Å². The highest BCUT2D eigenvalue weighted by Gasteiger charge is 2.28. The van der Waals surface area contributed by atoms with Gasteiger partial charge in [0.1, 0.15) is 4.90 Å². The fraction of sp³-hybridized carbons (Fsp3) is 0.733. The summed E-state index contributed by atoms with van der Waals surface area (Å²) in [5, 5.41) is 3.43. The average molecular weight is 311 g/mol. The molecule has 0 bridgehead atoms. The smallest absolute Gasteiger partial charge is 0.244 e. The number of nitrogens with one attached hydrogen (secondary N) is 1. The molecule has 2 fully saturated rings. The molecule has 0 aromatic carbocycles. The first-order chi connectivity index (χ1) is 9.96. The van der Waals surface area contributed by atoms with Gasteiger partial charge in [0.2, 0.25) is 10.0 Å². The summed E-state index contributed by atoms with van der Waals surface area (Å²) in [5.74, 6) is 0.546. The molecular weight excluding hydrogens is 286 g/mol. The Bertz CT molecular complexity index is 600. The number of hydrogen-bond donors (Lipinski definition) is 1. The van der Waals surface area contributed by atoms with E-state index in [-0.39, 0.29) is 0 Å². The number of nitrogens with zero attached hydrogens (tertiary/aromatic N) is 2. The van der Waals surface area contributed by atoms with E-state index in [0.717, 1.165) is 25.1 Å². The van der Waals surface area contributed by atoms with Crippen LogP contribution in [0.3, 0.4) is 0 Å². The van der Waals surface area contributed by atoms with Crippen LogP contribution in [-0.4, -0.2) is 36.9 Å². The Hall–Kier alpha value is -0.850. The van der Waals surface area contributed by atoms with Crippen molar-refractivity contribution in [2.75, 3.05) is 13.6 Å². The van der Waals surface area contributed by atoms with E-state index in [9.17, 15) is 8.42 Å². The summed E-state index contributed by atoms with van der Waals surface area (Å²) in [7, 11) is 0.259. The molecule has 0 aliphatic heterocycles. The summed E-state index contributed by atoms with van der Waals surface area (Å²) < 4.78 is 28.7. The van der Waals surface area contributed by atoms with Gasteiger partial charge in [-0.2, -0.15) is 0 Å². The molecule has 0 radical (unpaired) electrons. The monoisotopic (exact) mass is 311 g/mol. The van der Waals surface area contributed by atoms with Gasteiger partial charge in [-0.15, -0.1) is 0 Å². The first-order valence-electron chi connectivity index (χ1n) is 7.82. The number of hydrogen-bond acceptors (Lipinski definition) is 3. The predicted molar refractivity (Wildman–Crippen MR) is 82.4 cm³/mol. The Balaban J connectivity index is 1.69. The van der Waals surface area contributed by atoms with Crippen molar-refractivity contribution >= 4 is 10.0 Å². The molecule has 118 valence electrons. The van der Waals surface area contributed by atoms with E-state index in [1.165, 1.54) is 23.6 Å². The molecule has 0 amide bonds. The zero-order valence-corrected chi connectivity index (χ0v) is 13.7. The second-order valence-electron chi connectivity index (χ2n) is 6.52. The van der Waals surface area contributed by atoms with Crippen LogP contribution in [0.2, 0.25) is 0 Å². The highest BCUT2D eigenvalue weighted by molar-refractivity contribution is 7.89. The van der Waals surface area contributed by atoms with Crippen molar-refractivity contribution in [3.05, 3.63) is 18.0 Å². The first-order valence-corrected chi connectivity index (χ1v) is 9.26. The minimum Gasteiger partial charge on any atom is -0.352 e. The molecule has 6 heteroatoms. The summed E-state index contributed by atoms with van der Waals surface area (Å²) in [6.45, 7) is 1.38. The van der Waals surface area contributed by atoms with Crippen LogP contribution >= 0.6 is 0 Å². The van der Waals surface area contributed by atoms with Gasteiger partial charge in [0.25, 0.3) is 0 Å². The molecule has 2 saturated carbocycles. The van der Waals surface area contributed by atoms with E-state index in [2.05, 4.69) is 5.32 Å². The summed E-state index contributed by atoms with van der Waals surface area (Å²) >= 11 is 0. The molecule has 0 unspecified atom stereocenters. The van der Waals surface area contributed by atoms with Crippen molar-refractivity contribution in [2.24, 2.45) is 13.0 Å². The van der Waals surface area contributed by atoms with Gasteiger partial charge < -0.3 is 9.88 Å². The van der Waals surface area contributed by atoms with Crippen molar-refractivity contribution < 1.29 is 8.42 Å². The number of sulfonamides is 1. The Morgan fingerprint density at radius 2 is 2.05 bits per heavy atom. The van der Waals surface area contributed by atoms with Gasteiger partial charge in [0, 0.05) is 45.1 Å². The van der Waals surface area contributed by atoms with Gasteiger partial charge in [0.05, 0.1) is 0 Å². The largest absolute Gasteiger partial charge is 0.352 e. The summed E-state index contributed by atoms with van der Waals surface area (Å²) in [6, 6.07) is 2.43. The maximum Gasteiger partial charge on any atom is 0.244 e. The summed E-state index contributed by atoms with van der Waals surface area (Å²) in [6.07, 6.45) is 7.76. The normalized spacial score (nSPS) is 20.0. The zero-order chi connectivity index (χ0) is 15.0. The molecule has 2 aliphatic rings. The lowest BCUT2D eigenvalue weighted by Gasteiger charge is -2.29. The highest BCUT2D eigenvalue weighted by Crippen LogP contribution is 2.29. The molecule has 5 nitrogen and oxygen atoms in total. The van der Waals surface area contributed by atoms with Gasteiger partial charge >= 0.3 is 0 Å². The van der Waals surface area contributed by atoms with Crippen LogP contribution < -0.4 is 5.32 Å². The summed E-state index contributed by atoms with van der Waals surface area (Å²) in [5.41, 5.74) is 1.03. The standard InChI is InChI=1S/C15H25N3O2S/c1-17-11-15(8-14(17)9-16-13-6-7-13)21(19,20)18(2)10-12-4-3-5-12/h8,11-13,16H,3-7,9-10H2,1-2H3. The Morgan fingerprint density at radius 3 is 2.62 bits per heavy atom. The Morgan fingerprint density at radius 1 is 1.33 bits per heavy atom. The van der Waals surface area contributed by atoms with E-state index >= 15 is 0 Å². The molecule has 3 rings (SSSR count).